The van der Waals surface area contributed by atoms with Gasteiger partial charge in [0.15, 0.2) is 5.17 Å². The van der Waals surface area contributed by atoms with E-state index in [1.54, 1.807) is 13.3 Å². The van der Waals surface area contributed by atoms with Crippen LogP contribution in [0, 0.1) is 6.92 Å². The molecule has 2 aromatic carbocycles. The number of ether oxygens (including phenoxy) is 1. The summed E-state index contributed by atoms with van der Waals surface area (Å²) in [6.45, 7) is 4.55. The second kappa shape index (κ2) is 8.68. The van der Waals surface area contributed by atoms with Gasteiger partial charge >= 0.3 is 0 Å². The van der Waals surface area contributed by atoms with E-state index in [9.17, 15) is 4.79 Å². The number of amides is 1. The fourth-order valence-electron chi connectivity index (χ4n) is 2.43. The number of amidine groups is 1. The Morgan fingerprint density at radius 2 is 1.74 bits per heavy atom. The summed E-state index contributed by atoms with van der Waals surface area (Å²) in [5.41, 5.74) is 3.03. The maximum Gasteiger partial charge on any atom is 0.287 e. The monoisotopic (exact) mass is 379 g/mol. The van der Waals surface area contributed by atoms with E-state index in [1.165, 1.54) is 22.3 Å². The van der Waals surface area contributed by atoms with Gasteiger partial charge in [-0.05, 0) is 54.9 Å². The largest absolute Gasteiger partial charge is 0.497 e. The van der Waals surface area contributed by atoms with Gasteiger partial charge < -0.3 is 4.74 Å². The molecule has 1 amide bonds. The van der Waals surface area contributed by atoms with Crippen LogP contribution < -0.4 is 4.74 Å². The molecule has 0 aromatic heterocycles. The van der Waals surface area contributed by atoms with Crippen molar-refractivity contribution in [3.63, 3.8) is 0 Å². The van der Waals surface area contributed by atoms with Crippen LogP contribution in [0.2, 0.25) is 0 Å². The molecule has 0 unspecified atom stereocenters. The van der Waals surface area contributed by atoms with Gasteiger partial charge in [0, 0.05) is 6.54 Å². The highest BCUT2D eigenvalue weighted by Crippen LogP contribution is 2.33. The van der Waals surface area contributed by atoms with Crippen molar-refractivity contribution in [3.8, 4) is 5.75 Å². The molecule has 6 heteroatoms. The van der Waals surface area contributed by atoms with Gasteiger partial charge in [-0.15, -0.1) is 0 Å². The molecule has 0 aliphatic carbocycles. The third-order valence-corrected chi connectivity index (χ3v) is 4.89. The summed E-state index contributed by atoms with van der Waals surface area (Å²) < 4.78 is 5.17. The molecule has 1 aliphatic rings. The molecule has 1 fully saturated rings. The number of rotatable bonds is 5. The van der Waals surface area contributed by atoms with Crippen LogP contribution in [0.15, 0.2) is 63.5 Å². The molecular formula is C21H21N3O2S. The van der Waals surface area contributed by atoms with E-state index >= 15 is 0 Å². The van der Waals surface area contributed by atoms with E-state index in [4.69, 9.17) is 4.74 Å². The third-order valence-electron chi connectivity index (χ3n) is 3.89. The summed E-state index contributed by atoms with van der Waals surface area (Å²) in [6.07, 6.45) is 3.53. The van der Waals surface area contributed by atoms with Crippen molar-refractivity contribution in [2.75, 3.05) is 13.7 Å². The lowest BCUT2D eigenvalue weighted by Crippen LogP contribution is -2.23. The van der Waals surface area contributed by atoms with Gasteiger partial charge in [0.05, 0.1) is 18.2 Å². The van der Waals surface area contributed by atoms with Crippen LogP contribution >= 0.6 is 11.8 Å². The number of aliphatic imine (C=N–C) groups is 1. The van der Waals surface area contributed by atoms with E-state index < -0.39 is 0 Å². The molecule has 1 saturated heterocycles. The molecule has 0 atom stereocenters. The predicted octanol–water partition coefficient (Wildman–Crippen LogP) is 4.33. The SMILES string of the molecule is CCN=C1S/C(=C\c2ccc(OC)cc2)C(=O)N1/N=C/c1ccc(C)cc1. The fraction of sp³-hybridized carbons (Fsp3) is 0.190. The van der Waals surface area contributed by atoms with E-state index in [-0.39, 0.29) is 5.91 Å². The van der Waals surface area contributed by atoms with Crippen molar-refractivity contribution in [1.29, 1.82) is 0 Å². The van der Waals surface area contributed by atoms with E-state index in [1.807, 2.05) is 68.5 Å². The number of aryl methyl sites for hydroxylation is 1. The van der Waals surface area contributed by atoms with E-state index in [2.05, 4.69) is 10.1 Å². The van der Waals surface area contributed by atoms with Crippen LogP contribution in [-0.4, -0.2) is 36.0 Å². The lowest BCUT2D eigenvalue weighted by atomic mass is 10.2. The van der Waals surface area contributed by atoms with Crippen molar-refractivity contribution in [1.82, 2.24) is 5.01 Å². The minimum absolute atomic E-state index is 0.175. The number of methoxy groups -OCH3 is 1. The number of hydrogen-bond donors (Lipinski definition) is 0. The fourth-order valence-corrected chi connectivity index (χ4v) is 3.41. The number of benzene rings is 2. The standard InChI is InChI=1S/C21H21N3O2S/c1-4-22-21-24(23-14-17-7-5-15(2)6-8-17)20(25)19(27-21)13-16-9-11-18(26-3)12-10-16/h5-14H,4H2,1-3H3/b19-13-,22-21?,23-14+. The maximum absolute atomic E-state index is 12.8. The van der Waals surface area contributed by atoms with Crippen LogP contribution in [0.5, 0.6) is 5.75 Å². The Hall–Kier alpha value is -2.86. The third kappa shape index (κ3) is 4.65. The normalized spacial score (nSPS) is 17.4. The zero-order valence-electron chi connectivity index (χ0n) is 15.5. The molecule has 0 bridgehead atoms. The number of nitrogens with zero attached hydrogens (tertiary/aromatic N) is 3. The summed E-state index contributed by atoms with van der Waals surface area (Å²) in [5, 5.41) is 6.32. The van der Waals surface area contributed by atoms with Gasteiger partial charge in [-0.3, -0.25) is 9.79 Å². The zero-order chi connectivity index (χ0) is 19.2. The molecule has 5 nitrogen and oxygen atoms in total. The highest BCUT2D eigenvalue weighted by atomic mass is 32.2. The Morgan fingerprint density at radius 3 is 2.37 bits per heavy atom. The van der Waals surface area contributed by atoms with Crippen molar-refractivity contribution in [2.45, 2.75) is 13.8 Å². The topological polar surface area (TPSA) is 54.3 Å². The summed E-state index contributed by atoms with van der Waals surface area (Å²) in [5.74, 6) is 0.603. The molecule has 27 heavy (non-hydrogen) atoms. The smallest absolute Gasteiger partial charge is 0.287 e. The van der Waals surface area contributed by atoms with E-state index in [0.29, 0.717) is 16.6 Å². The van der Waals surface area contributed by atoms with Crippen LogP contribution in [0.3, 0.4) is 0 Å². The predicted molar refractivity (Wildman–Crippen MR) is 112 cm³/mol. The Bertz CT molecular complexity index is 900. The van der Waals surface area contributed by atoms with Gasteiger partial charge in [0.2, 0.25) is 0 Å². The second-order valence-electron chi connectivity index (χ2n) is 5.91. The van der Waals surface area contributed by atoms with E-state index in [0.717, 1.165) is 16.9 Å². The van der Waals surface area contributed by atoms with Gasteiger partial charge in [0.1, 0.15) is 5.75 Å². The summed E-state index contributed by atoms with van der Waals surface area (Å²) >= 11 is 1.34. The summed E-state index contributed by atoms with van der Waals surface area (Å²) in [7, 11) is 1.63. The van der Waals surface area contributed by atoms with Crippen LogP contribution in [0.1, 0.15) is 23.6 Å². The second-order valence-corrected chi connectivity index (χ2v) is 6.92. The Morgan fingerprint density at radius 1 is 1.07 bits per heavy atom. The van der Waals surface area contributed by atoms with Gasteiger partial charge in [-0.2, -0.15) is 10.1 Å². The quantitative estimate of drug-likeness (QED) is 0.574. The maximum atomic E-state index is 12.8. The molecule has 138 valence electrons. The number of carbonyl (C=O) groups excluding carboxylic acids is 1. The average Bonchev–Trinajstić information content (AvgIpc) is 2.97. The number of hydrogen-bond acceptors (Lipinski definition) is 5. The zero-order valence-corrected chi connectivity index (χ0v) is 16.4. The lowest BCUT2D eigenvalue weighted by molar-refractivity contribution is -0.122. The number of hydrazone groups is 1. The van der Waals surface area contributed by atoms with Gasteiger partial charge in [-0.1, -0.05) is 42.0 Å². The van der Waals surface area contributed by atoms with Crippen LogP contribution in [0.25, 0.3) is 6.08 Å². The Labute approximate surface area is 163 Å². The summed E-state index contributed by atoms with van der Waals surface area (Å²) in [4.78, 5) is 17.8. The first-order valence-corrected chi connectivity index (χ1v) is 9.45. The van der Waals surface area contributed by atoms with Gasteiger partial charge in [-0.25, -0.2) is 0 Å². The first kappa shape index (κ1) is 18.9. The molecule has 3 rings (SSSR count). The molecule has 0 saturated carbocycles. The van der Waals surface area contributed by atoms with Crippen molar-refractivity contribution in [2.24, 2.45) is 10.1 Å². The Kier molecular flexibility index (Phi) is 6.08. The Balaban J connectivity index is 1.84. The first-order chi connectivity index (χ1) is 13.1. The molecule has 1 heterocycles. The molecule has 1 aliphatic heterocycles. The minimum atomic E-state index is -0.175. The van der Waals surface area contributed by atoms with Crippen LogP contribution in [-0.2, 0) is 4.79 Å². The van der Waals surface area contributed by atoms with Crippen molar-refractivity contribution >= 4 is 35.1 Å². The number of thioether (sulfide) groups is 1. The highest BCUT2D eigenvalue weighted by Gasteiger charge is 2.33. The average molecular weight is 379 g/mol. The number of carbonyl (C=O) groups is 1. The van der Waals surface area contributed by atoms with Crippen molar-refractivity contribution in [3.05, 3.63) is 70.1 Å². The molecule has 2 aromatic rings. The molecule has 0 N–H and O–H groups in total. The molecular weight excluding hydrogens is 358 g/mol. The lowest BCUT2D eigenvalue weighted by Gasteiger charge is -2.07. The molecule has 0 spiro atoms. The van der Waals surface area contributed by atoms with Crippen LogP contribution in [0.4, 0.5) is 0 Å². The first-order valence-electron chi connectivity index (χ1n) is 8.64. The highest BCUT2D eigenvalue weighted by molar-refractivity contribution is 8.18. The van der Waals surface area contributed by atoms with Gasteiger partial charge in [0.25, 0.3) is 5.91 Å². The minimum Gasteiger partial charge on any atom is -0.497 e. The van der Waals surface area contributed by atoms with Crippen molar-refractivity contribution < 1.29 is 9.53 Å². The summed E-state index contributed by atoms with van der Waals surface area (Å²) in [6, 6.07) is 15.5. The molecule has 0 radical (unpaired) electrons.